The molecule has 0 atom stereocenters. The Labute approximate surface area is 121 Å². The van der Waals surface area contributed by atoms with Crippen molar-refractivity contribution in [3.63, 3.8) is 0 Å². The lowest BCUT2D eigenvalue weighted by molar-refractivity contribution is -0.120. The highest BCUT2D eigenvalue weighted by molar-refractivity contribution is 6.25. The molecule has 1 N–H and O–H groups in total. The Morgan fingerprint density at radius 1 is 1.10 bits per heavy atom. The molecule has 0 unspecified atom stereocenters. The van der Waals surface area contributed by atoms with Crippen LogP contribution in [0.3, 0.4) is 0 Å². The van der Waals surface area contributed by atoms with Crippen LogP contribution >= 0.6 is 0 Å². The summed E-state index contributed by atoms with van der Waals surface area (Å²) in [6, 6.07) is 12.2. The number of hydrogen-bond donors (Lipinski definition) is 1. The number of benzene rings is 2. The minimum Gasteiger partial charge on any atom is -0.323 e. The summed E-state index contributed by atoms with van der Waals surface area (Å²) in [6.07, 6.45) is 0. The maximum Gasteiger partial charge on any atom is 0.329 e. The molecule has 0 bridgehead atoms. The van der Waals surface area contributed by atoms with Crippen LogP contribution < -0.4 is 10.2 Å². The van der Waals surface area contributed by atoms with Crippen molar-refractivity contribution in [3.8, 4) is 6.07 Å². The molecule has 2 aromatic carbocycles. The lowest BCUT2D eigenvalue weighted by Gasteiger charge is -2.18. The van der Waals surface area contributed by atoms with Gasteiger partial charge in [0.2, 0.25) is 0 Å². The number of nitrogens with zero attached hydrogens (tertiary/aromatic N) is 2. The van der Waals surface area contributed by atoms with Gasteiger partial charge in [0, 0.05) is 10.8 Å². The lowest BCUT2D eigenvalue weighted by Crippen LogP contribution is -2.40. The fraction of sp³-hybridized carbons (Fsp3) is 0.188. The van der Waals surface area contributed by atoms with E-state index in [1.54, 1.807) is 38.1 Å². The van der Waals surface area contributed by atoms with Crippen molar-refractivity contribution in [1.29, 1.82) is 5.26 Å². The quantitative estimate of drug-likeness (QED) is 0.815. The highest BCUT2D eigenvalue weighted by Gasteiger charge is 2.45. The maximum absolute atomic E-state index is 12.4. The van der Waals surface area contributed by atoms with Crippen LogP contribution in [0.1, 0.15) is 19.4 Å². The fourth-order valence-electron chi connectivity index (χ4n) is 2.54. The van der Waals surface area contributed by atoms with E-state index in [9.17, 15) is 9.59 Å². The Morgan fingerprint density at radius 2 is 1.76 bits per heavy atom. The SMILES string of the molecule is CC1(C)NC(=O)N(c2ccc(C#N)c3ccccc23)C1=O. The van der Waals surface area contributed by atoms with Gasteiger partial charge in [0.1, 0.15) is 5.54 Å². The monoisotopic (exact) mass is 279 g/mol. The highest BCUT2D eigenvalue weighted by Crippen LogP contribution is 2.32. The van der Waals surface area contributed by atoms with Gasteiger partial charge in [-0.1, -0.05) is 24.3 Å². The molecule has 5 nitrogen and oxygen atoms in total. The smallest absolute Gasteiger partial charge is 0.323 e. The first-order chi connectivity index (χ1) is 9.95. The molecule has 3 rings (SSSR count). The van der Waals surface area contributed by atoms with Crippen molar-refractivity contribution in [1.82, 2.24) is 5.32 Å². The first-order valence-corrected chi connectivity index (χ1v) is 6.54. The van der Waals surface area contributed by atoms with E-state index in [1.165, 1.54) is 0 Å². The van der Waals surface area contributed by atoms with Gasteiger partial charge in [-0.15, -0.1) is 0 Å². The molecule has 1 heterocycles. The summed E-state index contributed by atoms with van der Waals surface area (Å²) in [5.41, 5.74) is 0.0878. The molecular formula is C16H13N3O2. The van der Waals surface area contributed by atoms with Gasteiger partial charge in [0.05, 0.1) is 17.3 Å². The summed E-state index contributed by atoms with van der Waals surface area (Å²) in [4.78, 5) is 25.7. The molecule has 104 valence electrons. The zero-order chi connectivity index (χ0) is 15.2. The van der Waals surface area contributed by atoms with Gasteiger partial charge >= 0.3 is 6.03 Å². The van der Waals surface area contributed by atoms with Gasteiger partial charge in [0.15, 0.2) is 0 Å². The Balaban J connectivity index is 2.26. The van der Waals surface area contributed by atoms with Crippen LogP contribution in [-0.2, 0) is 4.79 Å². The first kappa shape index (κ1) is 13.1. The molecule has 1 aliphatic rings. The third kappa shape index (κ3) is 1.84. The molecule has 21 heavy (non-hydrogen) atoms. The maximum atomic E-state index is 12.4. The Kier molecular flexibility index (Phi) is 2.70. The average molecular weight is 279 g/mol. The van der Waals surface area contributed by atoms with Crippen LogP contribution in [0.5, 0.6) is 0 Å². The van der Waals surface area contributed by atoms with E-state index in [1.807, 2.05) is 12.1 Å². The zero-order valence-electron chi connectivity index (χ0n) is 11.7. The normalized spacial score (nSPS) is 16.9. The minimum absolute atomic E-state index is 0.303. The average Bonchev–Trinajstić information content (AvgIpc) is 2.66. The Bertz CT molecular complexity index is 818. The van der Waals surface area contributed by atoms with E-state index in [0.29, 0.717) is 16.6 Å². The molecular weight excluding hydrogens is 266 g/mol. The van der Waals surface area contributed by atoms with E-state index in [0.717, 1.165) is 10.3 Å². The third-order valence-electron chi connectivity index (χ3n) is 3.62. The number of rotatable bonds is 1. The van der Waals surface area contributed by atoms with E-state index >= 15 is 0 Å². The number of nitriles is 1. The summed E-state index contributed by atoms with van der Waals surface area (Å²) in [7, 11) is 0. The number of urea groups is 1. The van der Waals surface area contributed by atoms with Gasteiger partial charge in [-0.25, -0.2) is 9.69 Å². The van der Waals surface area contributed by atoms with E-state index in [2.05, 4.69) is 11.4 Å². The highest BCUT2D eigenvalue weighted by atomic mass is 16.2. The number of nitrogens with one attached hydrogen (secondary N) is 1. The summed E-state index contributed by atoms with van der Waals surface area (Å²) in [5, 5.41) is 13.3. The van der Waals surface area contributed by atoms with Crippen LogP contribution in [-0.4, -0.2) is 17.5 Å². The van der Waals surface area contributed by atoms with Crippen molar-refractivity contribution in [2.75, 3.05) is 4.90 Å². The number of anilines is 1. The molecule has 0 aromatic heterocycles. The third-order valence-corrected chi connectivity index (χ3v) is 3.62. The molecule has 1 saturated heterocycles. The zero-order valence-corrected chi connectivity index (χ0v) is 11.7. The van der Waals surface area contributed by atoms with Crippen molar-refractivity contribution in [2.45, 2.75) is 19.4 Å². The summed E-state index contributed by atoms with van der Waals surface area (Å²) in [6.45, 7) is 3.33. The molecule has 3 amide bonds. The molecule has 2 aromatic rings. The number of carbonyl (C=O) groups excluding carboxylic acids is 2. The number of carbonyl (C=O) groups is 2. The summed E-state index contributed by atoms with van der Waals surface area (Å²) < 4.78 is 0. The van der Waals surface area contributed by atoms with Gasteiger partial charge in [-0.2, -0.15) is 5.26 Å². The molecule has 0 saturated carbocycles. The fourth-order valence-corrected chi connectivity index (χ4v) is 2.54. The second kappa shape index (κ2) is 4.32. The molecule has 5 heteroatoms. The second-order valence-corrected chi connectivity index (χ2v) is 5.49. The minimum atomic E-state index is -0.925. The van der Waals surface area contributed by atoms with Crippen LogP contribution in [0, 0.1) is 11.3 Å². The Morgan fingerprint density at radius 3 is 2.33 bits per heavy atom. The van der Waals surface area contributed by atoms with Crippen molar-refractivity contribution >= 4 is 28.4 Å². The van der Waals surface area contributed by atoms with Crippen LogP contribution in [0.2, 0.25) is 0 Å². The Hall–Kier alpha value is -2.87. The van der Waals surface area contributed by atoms with Crippen molar-refractivity contribution in [2.24, 2.45) is 0 Å². The van der Waals surface area contributed by atoms with Crippen LogP contribution in [0.15, 0.2) is 36.4 Å². The summed E-state index contributed by atoms with van der Waals surface area (Å²) in [5.74, 6) is -0.303. The number of amides is 3. The van der Waals surface area contributed by atoms with Crippen molar-refractivity contribution < 1.29 is 9.59 Å². The van der Waals surface area contributed by atoms with Crippen LogP contribution in [0.4, 0.5) is 10.5 Å². The largest absolute Gasteiger partial charge is 0.329 e. The first-order valence-electron chi connectivity index (χ1n) is 6.54. The topological polar surface area (TPSA) is 73.2 Å². The van der Waals surface area contributed by atoms with Crippen molar-refractivity contribution in [3.05, 3.63) is 42.0 Å². The molecule has 0 radical (unpaired) electrons. The van der Waals surface area contributed by atoms with E-state index in [4.69, 9.17) is 5.26 Å². The lowest BCUT2D eigenvalue weighted by atomic mass is 10.0. The molecule has 1 fully saturated rings. The van der Waals surface area contributed by atoms with E-state index in [-0.39, 0.29) is 5.91 Å². The predicted molar refractivity (Wildman–Crippen MR) is 78.8 cm³/mol. The number of hydrogen-bond acceptors (Lipinski definition) is 3. The molecule has 1 aliphatic heterocycles. The number of fused-ring (bicyclic) bond motifs is 1. The standard InChI is InChI=1S/C16H13N3O2/c1-16(2)14(20)19(15(21)18-16)13-8-7-10(9-17)11-5-3-4-6-12(11)13/h3-8H,1-2H3,(H,18,21). The van der Waals surface area contributed by atoms with Crippen LogP contribution in [0.25, 0.3) is 10.8 Å². The number of imide groups is 1. The van der Waals surface area contributed by atoms with Gasteiger partial charge in [-0.3, -0.25) is 4.79 Å². The van der Waals surface area contributed by atoms with Gasteiger partial charge in [-0.05, 0) is 26.0 Å². The summed E-state index contributed by atoms with van der Waals surface area (Å²) >= 11 is 0. The second-order valence-electron chi connectivity index (χ2n) is 5.49. The van der Waals surface area contributed by atoms with E-state index < -0.39 is 11.6 Å². The molecule has 0 aliphatic carbocycles. The van der Waals surface area contributed by atoms with Gasteiger partial charge < -0.3 is 5.32 Å². The molecule has 0 spiro atoms. The predicted octanol–water partition coefficient (Wildman–Crippen LogP) is 2.55. The van der Waals surface area contributed by atoms with Gasteiger partial charge in [0.25, 0.3) is 5.91 Å².